The van der Waals surface area contributed by atoms with Crippen molar-refractivity contribution in [2.24, 2.45) is 0 Å². The van der Waals surface area contributed by atoms with Crippen molar-refractivity contribution in [2.45, 2.75) is 60.0 Å². The summed E-state index contributed by atoms with van der Waals surface area (Å²) < 4.78 is 0. The van der Waals surface area contributed by atoms with Crippen LogP contribution < -0.4 is 4.90 Å². The number of hydrogen-bond donors (Lipinski definition) is 1. The Morgan fingerprint density at radius 1 is 1.22 bits per heavy atom. The van der Waals surface area contributed by atoms with Crippen LogP contribution in [0.4, 0.5) is 5.82 Å². The molecule has 0 bridgehead atoms. The second-order valence-electron chi connectivity index (χ2n) is 5.79. The number of nitrogens with zero attached hydrogens (tertiary/aromatic N) is 4. The van der Waals surface area contributed by atoms with Crippen LogP contribution in [0.15, 0.2) is 6.07 Å². The summed E-state index contributed by atoms with van der Waals surface area (Å²) in [7, 11) is 0. The van der Waals surface area contributed by atoms with Crippen molar-refractivity contribution >= 4 is 16.7 Å². The van der Waals surface area contributed by atoms with Gasteiger partial charge in [0, 0.05) is 18.8 Å². The van der Waals surface area contributed by atoms with E-state index in [4.69, 9.17) is 0 Å². The monoisotopic (exact) mass is 316 g/mol. The summed E-state index contributed by atoms with van der Waals surface area (Å²) in [6.45, 7) is 11.6. The second-order valence-corrected chi connectivity index (χ2v) is 5.79. The molecule has 1 N–H and O–H groups in total. The van der Waals surface area contributed by atoms with E-state index < -0.39 is 0 Å². The summed E-state index contributed by atoms with van der Waals surface area (Å²) in [5.41, 5.74) is 2.99. The Morgan fingerprint density at radius 2 is 1.96 bits per heavy atom. The molecule has 1 atom stereocenters. The Balaban J connectivity index is 0.000000924. The lowest BCUT2D eigenvalue weighted by Gasteiger charge is -2.32. The smallest absolute Gasteiger partial charge is 0.142 e. The highest BCUT2D eigenvalue weighted by Gasteiger charge is 2.22. The van der Waals surface area contributed by atoms with E-state index >= 15 is 0 Å². The van der Waals surface area contributed by atoms with E-state index in [1.807, 2.05) is 33.8 Å². The Hall–Kier alpha value is -1.75. The number of fused-ring (bicyclic) bond motifs is 1. The predicted molar refractivity (Wildman–Crippen MR) is 95.0 cm³/mol. The maximum Gasteiger partial charge on any atom is 0.142 e. The third kappa shape index (κ3) is 3.78. The van der Waals surface area contributed by atoms with Gasteiger partial charge in [-0.3, -0.25) is 4.98 Å². The summed E-state index contributed by atoms with van der Waals surface area (Å²) in [5.74, 6) is 1.70. The Bertz CT molecular complexity index is 666. The molecule has 0 aromatic carbocycles. The molecule has 3 heterocycles. The van der Waals surface area contributed by atoms with Crippen molar-refractivity contribution in [1.29, 1.82) is 0 Å². The van der Waals surface area contributed by atoms with Crippen LogP contribution in [0.2, 0.25) is 0 Å². The molecule has 0 saturated carbocycles. The third-order valence-corrected chi connectivity index (χ3v) is 4.01. The van der Waals surface area contributed by atoms with Crippen LogP contribution in [0.5, 0.6) is 0 Å². The lowest BCUT2D eigenvalue weighted by atomic mass is 10.1. The lowest BCUT2D eigenvalue weighted by Crippen LogP contribution is -2.39. The molecule has 0 spiro atoms. The van der Waals surface area contributed by atoms with Crippen LogP contribution in [0.3, 0.4) is 0 Å². The first-order valence-corrected chi connectivity index (χ1v) is 8.66. The second kappa shape index (κ2) is 7.68. The van der Waals surface area contributed by atoms with Gasteiger partial charge in [0.1, 0.15) is 11.6 Å². The van der Waals surface area contributed by atoms with Crippen LogP contribution in [-0.4, -0.2) is 39.3 Å². The van der Waals surface area contributed by atoms with Gasteiger partial charge in [-0.2, -0.15) is 0 Å². The van der Waals surface area contributed by atoms with Gasteiger partial charge in [0.05, 0.1) is 22.7 Å². The third-order valence-electron chi connectivity index (χ3n) is 4.01. The van der Waals surface area contributed by atoms with Crippen molar-refractivity contribution in [1.82, 2.24) is 15.0 Å². The number of rotatable bonds is 2. The maximum absolute atomic E-state index is 9.95. The topological polar surface area (TPSA) is 62.1 Å². The minimum absolute atomic E-state index is 0.271. The van der Waals surface area contributed by atoms with Gasteiger partial charge < -0.3 is 10.0 Å². The van der Waals surface area contributed by atoms with Gasteiger partial charge >= 0.3 is 0 Å². The highest BCUT2D eigenvalue weighted by molar-refractivity contribution is 5.92. The quantitative estimate of drug-likeness (QED) is 0.922. The first kappa shape index (κ1) is 17.6. The van der Waals surface area contributed by atoms with E-state index in [0.29, 0.717) is 6.54 Å². The van der Waals surface area contributed by atoms with Crippen LogP contribution in [0.25, 0.3) is 10.9 Å². The molecule has 5 nitrogen and oxygen atoms in total. The molecule has 1 aliphatic heterocycles. The molecule has 1 fully saturated rings. The van der Waals surface area contributed by atoms with E-state index in [0.717, 1.165) is 59.7 Å². The van der Waals surface area contributed by atoms with Gasteiger partial charge in [-0.25, -0.2) is 9.97 Å². The summed E-state index contributed by atoms with van der Waals surface area (Å²) in [4.78, 5) is 16.1. The van der Waals surface area contributed by atoms with Gasteiger partial charge in [0.2, 0.25) is 0 Å². The molecule has 1 unspecified atom stereocenters. The van der Waals surface area contributed by atoms with Crippen LogP contribution in [-0.2, 0) is 6.42 Å². The molecule has 2 aromatic heterocycles. The average molecular weight is 316 g/mol. The number of pyridine rings is 1. The van der Waals surface area contributed by atoms with E-state index in [1.54, 1.807) is 0 Å². The minimum Gasteiger partial charge on any atom is -0.391 e. The largest absolute Gasteiger partial charge is 0.391 e. The molecule has 3 rings (SSSR count). The number of hydrogen-bond acceptors (Lipinski definition) is 5. The van der Waals surface area contributed by atoms with Crippen LogP contribution in [0.1, 0.15) is 50.8 Å². The van der Waals surface area contributed by atoms with Crippen molar-refractivity contribution in [3.05, 3.63) is 23.3 Å². The molecular weight excluding hydrogens is 288 g/mol. The van der Waals surface area contributed by atoms with Crippen molar-refractivity contribution in [2.75, 3.05) is 18.0 Å². The Morgan fingerprint density at radius 3 is 2.61 bits per heavy atom. The molecule has 23 heavy (non-hydrogen) atoms. The molecule has 0 radical (unpaired) electrons. The zero-order valence-corrected chi connectivity index (χ0v) is 14.9. The van der Waals surface area contributed by atoms with Crippen LogP contribution in [0, 0.1) is 13.8 Å². The molecule has 0 amide bonds. The average Bonchev–Trinajstić information content (AvgIpc) is 2.54. The van der Waals surface area contributed by atoms with E-state index in [1.165, 1.54) is 0 Å². The van der Waals surface area contributed by atoms with Gasteiger partial charge in [-0.1, -0.05) is 20.8 Å². The standard InChI is InChI=1S/C16H22N4O.C2H6/c1-4-13-15-14(8-10(2)17-13)18-11(3)19-16(15)20-7-5-6-12(21)9-20;1-2/h8,12,21H,4-7,9H2,1-3H3;1-2H3. The molecule has 126 valence electrons. The van der Waals surface area contributed by atoms with Gasteiger partial charge in [0.15, 0.2) is 0 Å². The number of anilines is 1. The van der Waals surface area contributed by atoms with Crippen molar-refractivity contribution in [3.8, 4) is 0 Å². The molecule has 2 aromatic rings. The minimum atomic E-state index is -0.271. The number of aliphatic hydroxyl groups excluding tert-OH is 1. The molecule has 1 saturated heterocycles. The first-order valence-electron chi connectivity index (χ1n) is 8.66. The molecule has 1 aliphatic rings. The van der Waals surface area contributed by atoms with Crippen LogP contribution >= 0.6 is 0 Å². The Kier molecular flexibility index (Phi) is 5.88. The number of piperidine rings is 1. The number of aliphatic hydroxyl groups is 1. The Labute approximate surface area is 138 Å². The number of β-amino-alcohol motifs (C(OH)–C–C–N with tert-alkyl or cyclic N) is 1. The molecule has 0 aliphatic carbocycles. The fraction of sp³-hybridized carbons (Fsp3) is 0.611. The van der Waals surface area contributed by atoms with E-state index in [9.17, 15) is 5.11 Å². The predicted octanol–water partition coefficient (Wildman–Crippen LogP) is 3.19. The van der Waals surface area contributed by atoms with Gasteiger partial charge in [-0.05, 0) is 39.2 Å². The zero-order valence-electron chi connectivity index (χ0n) is 14.9. The normalized spacial score (nSPS) is 17.8. The van der Waals surface area contributed by atoms with Crippen molar-refractivity contribution < 1.29 is 5.11 Å². The lowest BCUT2D eigenvalue weighted by molar-refractivity contribution is 0.154. The highest BCUT2D eigenvalue weighted by Crippen LogP contribution is 2.29. The number of aryl methyl sites for hydroxylation is 3. The maximum atomic E-state index is 9.95. The molecular formula is C18H28N4O. The van der Waals surface area contributed by atoms with E-state index in [-0.39, 0.29) is 6.10 Å². The summed E-state index contributed by atoms with van der Waals surface area (Å²) in [5, 5.41) is 11.0. The SMILES string of the molecule is CC.CCc1nc(C)cc2nc(C)nc(N3CCCC(O)C3)c12. The van der Waals surface area contributed by atoms with Gasteiger partial charge in [-0.15, -0.1) is 0 Å². The highest BCUT2D eigenvalue weighted by atomic mass is 16.3. The zero-order chi connectivity index (χ0) is 17.0. The summed E-state index contributed by atoms with van der Waals surface area (Å²) in [6.07, 6.45) is 2.45. The first-order chi connectivity index (χ1) is 11.1. The number of aromatic nitrogens is 3. The van der Waals surface area contributed by atoms with Crippen molar-refractivity contribution in [3.63, 3.8) is 0 Å². The summed E-state index contributed by atoms with van der Waals surface area (Å²) >= 11 is 0. The van der Waals surface area contributed by atoms with E-state index in [2.05, 4.69) is 26.8 Å². The summed E-state index contributed by atoms with van der Waals surface area (Å²) in [6, 6.07) is 2.02. The fourth-order valence-electron chi connectivity index (χ4n) is 3.09. The molecule has 5 heteroatoms. The fourth-order valence-corrected chi connectivity index (χ4v) is 3.09. The van der Waals surface area contributed by atoms with Gasteiger partial charge in [0.25, 0.3) is 0 Å².